The summed E-state index contributed by atoms with van der Waals surface area (Å²) in [5.41, 5.74) is 4.90. The molecule has 1 aromatic heterocycles. The summed E-state index contributed by atoms with van der Waals surface area (Å²) >= 11 is 0. The van der Waals surface area contributed by atoms with Crippen molar-refractivity contribution in [3.8, 4) is 17.0 Å². The van der Waals surface area contributed by atoms with E-state index in [1.807, 2.05) is 31.2 Å². The van der Waals surface area contributed by atoms with Gasteiger partial charge in [0.25, 0.3) is 10.1 Å². The van der Waals surface area contributed by atoms with Crippen molar-refractivity contribution >= 4 is 26.7 Å². The van der Waals surface area contributed by atoms with Crippen LogP contribution in [0.25, 0.3) is 22.2 Å². The summed E-state index contributed by atoms with van der Waals surface area (Å²) in [7, 11) is -4.05. The Kier molecular flexibility index (Phi) is 8.43. The summed E-state index contributed by atoms with van der Waals surface area (Å²) in [4.78, 5) is 7.09. The monoisotopic (exact) mass is 520 g/mol. The summed E-state index contributed by atoms with van der Waals surface area (Å²) in [6, 6.07) is 24.2. The van der Waals surface area contributed by atoms with Gasteiger partial charge in [-0.2, -0.15) is 8.42 Å². The number of aliphatic hydroxyl groups is 1. The van der Waals surface area contributed by atoms with E-state index in [1.54, 1.807) is 18.2 Å². The third-order valence-electron chi connectivity index (χ3n) is 6.13. The van der Waals surface area contributed by atoms with Gasteiger partial charge in [0, 0.05) is 36.1 Å². The van der Waals surface area contributed by atoms with Gasteiger partial charge in [-0.15, -0.1) is 0 Å². The van der Waals surface area contributed by atoms with Crippen molar-refractivity contribution in [2.75, 3.05) is 24.6 Å². The average molecular weight is 521 g/mol. The number of aliphatic hydroxyl groups excluding tert-OH is 1. The van der Waals surface area contributed by atoms with E-state index in [0.717, 1.165) is 40.8 Å². The molecule has 4 rings (SSSR count). The second kappa shape index (κ2) is 11.7. The van der Waals surface area contributed by atoms with Crippen molar-refractivity contribution in [1.82, 2.24) is 4.98 Å². The number of nitrogens with zero attached hydrogens (tertiary/aromatic N) is 2. The molecule has 1 atom stereocenters. The number of rotatable bonds is 11. The Morgan fingerprint density at radius 3 is 2.30 bits per heavy atom. The van der Waals surface area contributed by atoms with Crippen molar-refractivity contribution in [1.29, 1.82) is 0 Å². The van der Waals surface area contributed by atoms with Crippen LogP contribution < -0.4 is 9.64 Å². The largest absolute Gasteiger partial charge is 0.493 e. The highest BCUT2D eigenvalue weighted by Crippen LogP contribution is 2.26. The number of aryl methyl sites for hydroxylation is 1. The number of anilines is 1. The molecular weight excluding hydrogens is 488 g/mol. The molecule has 4 aromatic rings. The molecule has 0 aliphatic rings. The molecule has 0 amide bonds. The minimum atomic E-state index is -4.05. The molecular formula is C29H32N2O5S. The van der Waals surface area contributed by atoms with Crippen LogP contribution in [0, 0.1) is 6.92 Å². The number of ether oxygens (including phenoxy) is 1. The Labute approximate surface area is 218 Å². The molecule has 1 N–H and O–H groups in total. The number of pyridine rings is 1. The van der Waals surface area contributed by atoms with Crippen molar-refractivity contribution in [3.63, 3.8) is 0 Å². The van der Waals surface area contributed by atoms with E-state index in [2.05, 4.69) is 43.0 Å². The molecule has 7 nitrogen and oxygen atoms in total. The van der Waals surface area contributed by atoms with E-state index in [1.165, 1.54) is 17.8 Å². The third kappa shape index (κ3) is 6.65. The highest BCUT2D eigenvalue weighted by molar-refractivity contribution is 7.86. The SMILES string of the molecule is CCN(CC)c1ccc(-c2ccc3cc(OCCC(O)OS(=O)(=O)c4ccc(C)cc4)ccc3n2)cc1. The molecule has 1 unspecified atom stereocenters. The van der Waals surface area contributed by atoms with E-state index < -0.39 is 16.4 Å². The Balaban J connectivity index is 1.35. The van der Waals surface area contributed by atoms with Crippen molar-refractivity contribution < 1.29 is 22.4 Å². The predicted octanol–water partition coefficient (Wildman–Crippen LogP) is 5.55. The fourth-order valence-electron chi connectivity index (χ4n) is 4.02. The lowest BCUT2D eigenvalue weighted by atomic mass is 10.1. The van der Waals surface area contributed by atoms with Crippen LogP contribution in [-0.4, -0.2) is 44.5 Å². The third-order valence-corrected chi connectivity index (χ3v) is 7.46. The summed E-state index contributed by atoms with van der Waals surface area (Å²) in [6.07, 6.45) is -1.52. The van der Waals surface area contributed by atoms with Crippen LogP contribution in [-0.2, 0) is 14.3 Å². The number of aromatic nitrogens is 1. The molecule has 8 heteroatoms. The van der Waals surface area contributed by atoms with Gasteiger partial charge in [-0.1, -0.05) is 35.9 Å². The standard InChI is InChI=1S/C29H32N2O5S/c1-4-31(5-2)24-11-8-22(9-12-24)27-16-10-23-20-25(13-17-28(23)30-27)35-19-18-29(32)36-37(33,34)26-14-6-21(3)7-15-26/h6-17,20,29,32H,4-5,18-19H2,1-3H3. The molecule has 0 bridgehead atoms. The minimum absolute atomic E-state index is 0.000647. The quantitative estimate of drug-likeness (QED) is 0.205. The molecule has 3 aromatic carbocycles. The van der Waals surface area contributed by atoms with Gasteiger partial charge in [-0.3, -0.25) is 0 Å². The molecule has 0 fully saturated rings. The maximum Gasteiger partial charge on any atom is 0.299 e. The van der Waals surface area contributed by atoms with Crippen molar-refractivity contribution in [2.45, 2.75) is 38.4 Å². The molecule has 0 saturated heterocycles. The highest BCUT2D eigenvalue weighted by atomic mass is 32.2. The van der Waals surface area contributed by atoms with Gasteiger partial charge in [-0.05, 0) is 69.3 Å². The van der Waals surface area contributed by atoms with E-state index in [9.17, 15) is 13.5 Å². The Bertz CT molecular complexity index is 1430. The lowest BCUT2D eigenvalue weighted by molar-refractivity contribution is -0.0256. The smallest absolute Gasteiger partial charge is 0.299 e. The Hall–Kier alpha value is -3.46. The Morgan fingerprint density at radius 1 is 0.919 bits per heavy atom. The van der Waals surface area contributed by atoms with Gasteiger partial charge in [-0.25, -0.2) is 9.17 Å². The maximum absolute atomic E-state index is 12.3. The molecule has 0 aliphatic carbocycles. The van der Waals surface area contributed by atoms with Crippen LogP contribution in [0.4, 0.5) is 5.69 Å². The van der Waals surface area contributed by atoms with Crippen molar-refractivity contribution in [2.24, 2.45) is 0 Å². The summed E-state index contributed by atoms with van der Waals surface area (Å²) < 4.78 is 35.2. The molecule has 0 spiro atoms. The molecule has 1 heterocycles. The maximum atomic E-state index is 12.3. The zero-order chi connectivity index (χ0) is 26.4. The van der Waals surface area contributed by atoms with E-state index in [0.29, 0.717) is 5.75 Å². The molecule has 37 heavy (non-hydrogen) atoms. The topological polar surface area (TPSA) is 89.0 Å². The van der Waals surface area contributed by atoms with Gasteiger partial charge in [0.05, 0.1) is 22.7 Å². The second-order valence-corrected chi connectivity index (χ2v) is 10.3. The lowest BCUT2D eigenvalue weighted by Gasteiger charge is -2.21. The fraction of sp³-hybridized carbons (Fsp3) is 0.276. The molecule has 0 aliphatic heterocycles. The van der Waals surface area contributed by atoms with Crippen LogP contribution in [0.2, 0.25) is 0 Å². The molecule has 0 radical (unpaired) electrons. The van der Waals surface area contributed by atoms with Crippen molar-refractivity contribution in [3.05, 3.63) is 84.4 Å². The van der Waals surface area contributed by atoms with Crippen LogP contribution in [0.15, 0.2) is 83.8 Å². The molecule has 0 saturated carbocycles. The number of hydrogen-bond acceptors (Lipinski definition) is 7. The number of fused-ring (bicyclic) bond motifs is 1. The summed E-state index contributed by atoms with van der Waals surface area (Å²) in [5.74, 6) is 0.596. The zero-order valence-corrected chi connectivity index (χ0v) is 22.1. The summed E-state index contributed by atoms with van der Waals surface area (Å²) in [6.45, 7) is 8.16. The van der Waals surface area contributed by atoms with Gasteiger partial charge >= 0.3 is 0 Å². The first-order valence-corrected chi connectivity index (χ1v) is 13.8. The van der Waals surface area contributed by atoms with Gasteiger partial charge in [0.15, 0.2) is 6.29 Å². The first kappa shape index (κ1) is 26.6. The summed E-state index contributed by atoms with van der Waals surface area (Å²) in [5, 5.41) is 11.0. The van der Waals surface area contributed by atoms with E-state index >= 15 is 0 Å². The van der Waals surface area contributed by atoms with Crippen LogP contribution in [0.3, 0.4) is 0 Å². The zero-order valence-electron chi connectivity index (χ0n) is 21.3. The normalized spacial score (nSPS) is 12.4. The lowest BCUT2D eigenvalue weighted by Crippen LogP contribution is -2.21. The van der Waals surface area contributed by atoms with Crippen LogP contribution in [0.5, 0.6) is 5.75 Å². The number of benzene rings is 3. The van der Waals surface area contributed by atoms with Gasteiger partial charge < -0.3 is 14.7 Å². The fourth-order valence-corrected chi connectivity index (χ4v) is 4.99. The minimum Gasteiger partial charge on any atom is -0.493 e. The van der Waals surface area contributed by atoms with Crippen LogP contribution in [0.1, 0.15) is 25.8 Å². The number of hydrogen-bond donors (Lipinski definition) is 1. The van der Waals surface area contributed by atoms with Gasteiger partial charge in [0.1, 0.15) is 5.75 Å². The van der Waals surface area contributed by atoms with E-state index in [4.69, 9.17) is 13.9 Å². The van der Waals surface area contributed by atoms with Crippen LogP contribution >= 0.6 is 0 Å². The first-order chi connectivity index (χ1) is 17.8. The van der Waals surface area contributed by atoms with E-state index in [-0.39, 0.29) is 17.9 Å². The highest BCUT2D eigenvalue weighted by Gasteiger charge is 2.20. The second-order valence-electron chi connectivity index (χ2n) is 8.73. The first-order valence-electron chi connectivity index (χ1n) is 12.4. The Morgan fingerprint density at radius 2 is 1.62 bits per heavy atom. The van der Waals surface area contributed by atoms with Gasteiger partial charge in [0.2, 0.25) is 0 Å². The average Bonchev–Trinajstić information content (AvgIpc) is 2.89. The molecule has 194 valence electrons. The predicted molar refractivity (Wildman–Crippen MR) is 146 cm³/mol.